The molecule has 3 rings (SSSR count). The molecule has 0 aliphatic rings. The zero-order valence-electron chi connectivity index (χ0n) is 15.2. The molecular formula is C23H25NO3. The van der Waals surface area contributed by atoms with E-state index in [1.807, 2.05) is 36.4 Å². The summed E-state index contributed by atoms with van der Waals surface area (Å²) in [6, 6.07) is 29.0. The first-order valence-corrected chi connectivity index (χ1v) is 9.14. The minimum absolute atomic E-state index is 0.157. The van der Waals surface area contributed by atoms with Crippen LogP contribution in [-0.2, 0) is 11.2 Å². The first-order valence-electron chi connectivity index (χ1n) is 9.14. The molecule has 27 heavy (non-hydrogen) atoms. The number of para-hydroxylation sites is 2. The summed E-state index contributed by atoms with van der Waals surface area (Å²) in [6.45, 7) is 0.394. The van der Waals surface area contributed by atoms with Crippen LogP contribution in [0.25, 0.3) is 0 Å². The second-order valence-electron chi connectivity index (χ2n) is 6.33. The van der Waals surface area contributed by atoms with Gasteiger partial charge >= 0.3 is 0 Å². The van der Waals surface area contributed by atoms with Gasteiger partial charge in [0.25, 0.3) is 0 Å². The molecule has 0 saturated carbocycles. The van der Waals surface area contributed by atoms with Crippen molar-refractivity contribution in [1.29, 1.82) is 0 Å². The van der Waals surface area contributed by atoms with Crippen molar-refractivity contribution >= 4 is 17.1 Å². The third kappa shape index (κ3) is 5.41. The summed E-state index contributed by atoms with van der Waals surface area (Å²) < 4.78 is 5.39. The third-order valence-corrected chi connectivity index (χ3v) is 4.28. The van der Waals surface area contributed by atoms with Gasteiger partial charge in [0.1, 0.15) is 6.10 Å². The zero-order valence-corrected chi connectivity index (χ0v) is 15.2. The van der Waals surface area contributed by atoms with Crippen molar-refractivity contribution in [2.45, 2.75) is 12.5 Å². The van der Waals surface area contributed by atoms with Crippen molar-refractivity contribution in [3.63, 3.8) is 0 Å². The summed E-state index contributed by atoms with van der Waals surface area (Å²) >= 11 is 0. The van der Waals surface area contributed by atoms with Crippen LogP contribution in [0.2, 0.25) is 0 Å². The van der Waals surface area contributed by atoms with Gasteiger partial charge in [-0.1, -0.05) is 48.5 Å². The Bertz CT molecular complexity index is 751. The van der Waals surface area contributed by atoms with Crippen molar-refractivity contribution in [3.8, 4) is 0 Å². The van der Waals surface area contributed by atoms with Crippen LogP contribution in [0.3, 0.4) is 0 Å². The number of rotatable bonds is 9. The molecule has 0 saturated heterocycles. The number of hydrogen-bond donors (Lipinski definition) is 2. The van der Waals surface area contributed by atoms with E-state index in [4.69, 9.17) is 9.84 Å². The predicted octanol–water partition coefficient (Wildman–Crippen LogP) is 4.07. The monoisotopic (exact) mass is 363 g/mol. The number of benzene rings is 3. The molecule has 3 aromatic carbocycles. The maximum atomic E-state index is 9.29. The lowest BCUT2D eigenvalue weighted by molar-refractivity contribution is 0.00723. The normalized spacial score (nSPS) is 11.9. The van der Waals surface area contributed by atoms with Gasteiger partial charge in [-0.05, 0) is 48.4 Å². The zero-order chi connectivity index (χ0) is 18.9. The Labute approximate surface area is 160 Å². The number of ether oxygens (including phenoxy) is 1. The molecular weight excluding hydrogens is 338 g/mol. The molecule has 0 heterocycles. The summed E-state index contributed by atoms with van der Waals surface area (Å²) in [5, 5.41) is 18.1. The fraction of sp³-hybridized carbons (Fsp3) is 0.217. The molecule has 3 aromatic rings. The minimum atomic E-state index is -0.808. The van der Waals surface area contributed by atoms with E-state index in [1.165, 1.54) is 5.56 Å². The van der Waals surface area contributed by atoms with Crippen molar-refractivity contribution < 1.29 is 14.9 Å². The molecule has 0 fully saturated rings. The molecule has 4 nitrogen and oxygen atoms in total. The average Bonchev–Trinajstić information content (AvgIpc) is 2.74. The quantitative estimate of drug-likeness (QED) is 0.563. The van der Waals surface area contributed by atoms with Crippen molar-refractivity contribution in [2.75, 3.05) is 24.7 Å². The SMILES string of the molecule is OCC(O)COCCc1ccc(N(c2ccccc2)c2ccccc2)cc1. The van der Waals surface area contributed by atoms with Crippen molar-refractivity contribution in [3.05, 3.63) is 90.5 Å². The summed E-state index contributed by atoms with van der Waals surface area (Å²) in [4.78, 5) is 2.22. The van der Waals surface area contributed by atoms with E-state index in [0.717, 1.165) is 23.5 Å². The van der Waals surface area contributed by atoms with E-state index < -0.39 is 6.10 Å². The van der Waals surface area contributed by atoms with Crippen LogP contribution in [0.4, 0.5) is 17.1 Å². The number of aliphatic hydroxyl groups excluding tert-OH is 2. The van der Waals surface area contributed by atoms with Crippen LogP contribution in [-0.4, -0.2) is 36.1 Å². The predicted molar refractivity (Wildman–Crippen MR) is 109 cm³/mol. The van der Waals surface area contributed by atoms with Gasteiger partial charge in [0, 0.05) is 17.1 Å². The number of hydrogen-bond acceptors (Lipinski definition) is 4. The van der Waals surface area contributed by atoms with Crippen molar-refractivity contribution in [1.82, 2.24) is 0 Å². The second kappa shape index (κ2) is 9.88. The Balaban J connectivity index is 1.72. The highest BCUT2D eigenvalue weighted by atomic mass is 16.5. The Kier molecular flexibility index (Phi) is 6.99. The number of aliphatic hydroxyl groups is 2. The van der Waals surface area contributed by atoms with Crippen molar-refractivity contribution in [2.24, 2.45) is 0 Å². The highest BCUT2D eigenvalue weighted by molar-refractivity contribution is 5.76. The Morgan fingerprint density at radius 2 is 1.26 bits per heavy atom. The Hall–Kier alpha value is -2.66. The molecule has 0 radical (unpaired) electrons. The fourth-order valence-electron chi connectivity index (χ4n) is 2.88. The number of anilines is 3. The maximum absolute atomic E-state index is 9.29. The van der Waals surface area contributed by atoms with Crippen LogP contribution < -0.4 is 4.90 Å². The van der Waals surface area contributed by atoms with Gasteiger partial charge in [0.15, 0.2) is 0 Å². The first kappa shape index (κ1) is 19.1. The summed E-state index contributed by atoms with van der Waals surface area (Å²) in [7, 11) is 0. The van der Waals surface area contributed by atoms with Crippen LogP contribution in [0.15, 0.2) is 84.9 Å². The van der Waals surface area contributed by atoms with Gasteiger partial charge in [-0.3, -0.25) is 0 Å². The van der Waals surface area contributed by atoms with Gasteiger partial charge in [-0.2, -0.15) is 0 Å². The number of nitrogens with zero attached hydrogens (tertiary/aromatic N) is 1. The molecule has 4 heteroatoms. The van der Waals surface area contributed by atoms with E-state index in [2.05, 4.69) is 53.4 Å². The molecule has 140 valence electrons. The largest absolute Gasteiger partial charge is 0.394 e. The fourth-order valence-corrected chi connectivity index (χ4v) is 2.88. The molecule has 1 atom stereocenters. The van der Waals surface area contributed by atoms with E-state index in [-0.39, 0.29) is 13.2 Å². The van der Waals surface area contributed by atoms with Gasteiger partial charge in [0.2, 0.25) is 0 Å². The van der Waals surface area contributed by atoms with Gasteiger partial charge in [0.05, 0.1) is 19.8 Å². The average molecular weight is 363 g/mol. The molecule has 0 amide bonds. The molecule has 0 spiro atoms. The summed E-state index contributed by atoms with van der Waals surface area (Å²) in [6.07, 6.45) is -0.0487. The standard InChI is InChI=1S/C23H25NO3/c25-17-23(26)18-27-16-15-19-11-13-22(14-12-19)24(20-7-3-1-4-8-20)21-9-5-2-6-10-21/h1-14,23,25-26H,15-18H2. The molecule has 0 aliphatic carbocycles. The van der Waals surface area contributed by atoms with Crippen LogP contribution >= 0.6 is 0 Å². The minimum Gasteiger partial charge on any atom is -0.394 e. The molecule has 0 aliphatic heterocycles. The van der Waals surface area contributed by atoms with Gasteiger partial charge < -0.3 is 19.8 Å². The lowest BCUT2D eigenvalue weighted by Crippen LogP contribution is -2.20. The lowest BCUT2D eigenvalue weighted by Gasteiger charge is -2.25. The maximum Gasteiger partial charge on any atom is 0.100 e. The van der Waals surface area contributed by atoms with Crippen LogP contribution in [0.1, 0.15) is 5.56 Å². The Morgan fingerprint density at radius 3 is 1.78 bits per heavy atom. The van der Waals surface area contributed by atoms with E-state index >= 15 is 0 Å². The van der Waals surface area contributed by atoms with Crippen LogP contribution in [0, 0.1) is 0 Å². The topological polar surface area (TPSA) is 52.9 Å². The summed E-state index contributed by atoms with van der Waals surface area (Å²) in [5.41, 5.74) is 4.47. The van der Waals surface area contributed by atoms with Gasteiger partial charge in [-0.25, -0.2) is 0 Å². The molecule has 0 bridgehead atoms. The summed E-state index contributed by atoms with van der Waals surface area (Å²) in [5.74, 6) is 0. The molecule has 1 unspecified atom stereocenters. The van der Waals surface area contributed by atoms with E-state index in [0.29, 0.717) is 6.61 Å². The molecule has 0 aromatic heterocycles. The first-order chi connectivity index (χ1) is 13.3. The van der Waals surface area contributed by atoms with Crippen LogP contribution in [0.5, 0.6) is 0 Å². The van der Waals surface area contributed by atoms with E-state index in [1.54, 1.807) is 0 Å². The smallest absolute Gasteiger partial charge is 0.100 e. The third-order valence-electron chi connectivity index (χ3n) is 4.28. The van der Waals surface area contributed by atoms with E-state index in [9.17, 15) is 5.11 Å². The lowest BCUT2D eigenvalue weighted by atomic mass is 10.1. The van der Waals surface area contributed by atoms with Gasteiger partial charge in [-0.15, -0.1) is 0 Å². The highest BCUT2D eigenvalue weighted by Gasteiger charge is 2.11. The highest BCUT2D eigenvalue weighted by Crippen LogP contribution is 2.33. The second-order valence-corrected chi connectivity index (χ2v) is 6.33. The Morgan fingerprint density at radius 1 is 0.741 bits per heavy atom. The molecule has 2 N–H and O–H groups in total.